The lowest BCUT2D eigenvalue weighted by Crippen LogP contribution is -2.24. The van der Waals surface area contributed by atoms with Crippen LogP contribution in [0, 0.1) is 11.8 Å². The fraction of sp³-hybridized carbons (Fsp3) is 0.857. The third kappa shape index (κ3) is 0.934. The number of amides is 1. The maximum absolute atomic E-state index is 10.9. The topological polar surface area (TPSA) is 29.1 Å². The standard InChI is InChI=1S/C7H13NO/c1-4-5(2)7(9)8-6(4)3/h4-6H,1-3H3,(H,8,9)/t4-,5-,6-/m0/s1. The summed E-state index contributed by atoms with van der Waals surface area (Å²) in [6.45, 7) is 6.13. The molecule has 0 aromatic heterocycles. The maximum atomic E-state index is 10.9. The minimum absolute atomic E-state index is 0.204. The van der Waals surface area contributed by atoms with Crippen LogP contribution in [-0.4, -0.2) is 11.9 Å². The monoisotopic (exact) mass is 127 g/mol. The van der Waals surface area contributed by atoms with Crippen LogP contribution in [0.2, 0.25) is 0 Å². The highest BCUT2D eigenvalue weighted by atomic mass is 16.2. The van der Waals surface area contributed by atoms with Gasteiger partial charge in [0.1, 0.15) is 0 Å². The Morgan fingerprint density at radius 1 is 1.33 bits per heavy atom. The minimum atomic E-state index is 0.204. The molecule has 0 radical (unpaired) electrons. The Morgan fingerprint density at radius 3 is 2.00 bits per heavy atom. The summed E-state index contributed by atoms with van der Waals surface area (Å²) in [5.74, 6) is 0.910. The van der Waals surface area contributed by atoms with E-state index in [2.05, 4.69) is 12.2 Å². The smallest absolute Gasteiger partial charge is 0.223 e. The molecule has 0 unspecified atom stereocenters. The molecule has 1 aliphatic rings. The zero-order chi connectivity index (χ0) is 7.02. The van der Waals surface area contributed by atoms with Crippen LogP contribution >= 0.6 is 0 Å². The molecule has 2 heteroatoms. The van der Waals surface area contributed by atoms with Crippen molar-refractivity contribution in [2.45, 2.75) is 26.8 Å². The van der Waals surface area contributed by atoms with Crippen molar-refractivity contribution >= 4 is 5.91 Å². The molecule has 1 N–H and O–H groups in total. The van der Waals surface area contributed by atoms with E-state index in [-0.39, 0.29) is 11.8 Å². The lowest BCUT2D eigenvalue weighted by Gasteiger charge is -2.08. The number of hydrogen-bond acceptors (Lipinski definition) is 1. The summed E-state index contributed by atoms with van der Waals surface area (Å²) in [5.41, 5.74) is 0. The number of nitrogens with one attached hydrogen (secondary N) is 1. The van der Waals surface area contributed by atoms with Crippen LogP contribution in [0.15, 0.2) is 0 Å². The van der Waals surface area contributed by atoms with Crippen LogP contribution in [0.3, 0.4) is 0 Å². The molecule has 0 saturated carbocycles. The first-order valence-electron chi connectivity index (χ1n) is 3.43. The molecular formula is C7H13NO. The normalized spacial score (nSPS) is 43.0. The molecule has 1 fully saturated rings. The molecule has 52 valence electrons. The summed E-state index contributed by atoms with van der Waals surface area (Å²) in [6.07, 6.45) is 0. The van der Waals surface area contributed by atoms with Crippen molar-refractivity contribution in [3.05, 3.63) is 0 Å². The van der Waals surface area contributed by atoms with Crippen molar-refractivity contribution in [2.75, 3.05) is 0 Å². The summed E-state index contributed by atoms with van der Waals surface area (Å²) in [4.78, 5) is 10.9. The molecule has 1 rings (SSSR count). The van der Waals surface area contributed by atoms with E-state index < -0.39 is 0 Å². The van der Waals surface area contributed by atoms with Crippen molar-refractivity contribution in [1.82, 2.24) is 5.32 Å². The molecule has 3 atom stereocenters. The zero-order valence-corrected chi connectivity index (χ0v) is 6.14. The van der Waals surface area contributed by atoms with E-state index in [9.17, 15) is 4.79 Å². The largest absolute Gasteiger partial charge is 0.353 e. The summed E-state index contributed by atoms with van der Waals surface area (Å²) < 4.78 is 0. The quantitative estimate of drug-likeness (QED) is 0.512. The Labute approximate surface area is 55.6 Å². The van der Waals surface area contributed by atoms with E-state index in [0.29, 0.717) is 12.0 Å². The molecule has 0 bridgehead atoms. The average molecular weight is 127 g/mol. The van der Waals surface area contributed by atoms with Crippen molar-refractivity contribution in [3.63, 3.8) is 0 Å². The van der Waals surface area contributed by atoms with Gasteiger partial charge in [0, 0.05) is 12.0 Å². The fourth-order valence-corrected chi connectivity index (χ4v) is 1.16. The number of carbonyl (C=O) groups excluding carboxylic acids is 1. The first kappa shape index (κ1) is 6.59. The van der Waals surface area contributed by atoms with Crippen LogP contribution < -0.4 is 5.32 Å². The van der Waals surface area contributed by atoms with Crippen molar-refractivity contribution in [3.8, 4) is 0 Å². The first-order valence-corrected chi connectivity index (χ1v) is 3.43. The molecular weight excluding hydrogens is 114 g/mol. The molecule has 1 amide bonds. The summed E-state index contributed by atoms with van der Waals surface area (Å²) in [7, 11) is 0. The minimum Gasteiger partial charge on any atom is -0.353 e. The molecule has 0 aromatic rings. The lowest BCUT2D eigenvalue weighted by atomic mass is 9.95. The van der Waals surface area contributed by atoms with Gasteiger partial charge in [-0.1, -0.05) is 13.8 Å². The third-order valence-electron chi connectivity index (χ3n) is 2.36. The Kier molecular flexibility index (Phi) is 1.47. The predicted octanol–water partition coefficient (Wildman–Crippen LogP) is 0.777. The highest BCUT2D eigenvalue weighted by molar-refractivity contribution is 5.81. The van der Waals surface area contributed by atoms with E-state index >= 15 is 0 Å². The number of hydrogen-bond donors (Lipinski definition) is 1. The average Bonchev–Trinajstić information content (AvgIpc) is 1.98. The second kappa shape index (κ2) is 2.01. The van der Waals surface area contributed by atoms with Gasteiger partial charge in [-0.05, 0) is 12.8 Å². The van der Waals surface area contributed by atoms with Gasteiger partial charge in [-0.15, -0.1) is 0 Å². The lowest BCUT2D eigenvalue weighted by molar-refractivity contribution is -0.122. The van der Waals surface area contributed by atoms with Gasteiger partial charge < -0.3 is 5.32 Å². The Balaban J connectivity index is 2.65. The molecule has 0 spiro atoms. The van der Waals surface area contributed by atoms with Gasteiger partial charge in [0.15, 0.2) is 0 Å². The maximum Gasteiger partial charge on any atom is 0.223 e. The van der Waals surface area contributed by atoms with Crippen LogP contribution in [-0.2, 0) is 4.79 Å². The second-order valence-corrected chi connectivity index (χ2v) is 2.95. The van der Waals surface area contributed by atoms with Crippen LogP contribution in [0.5, 0.6) is 0 Å². The highest BCUT2D eigenvalue weighted by Crippen LogP contribution is 2.21. The Bertz CT molecular complexity index is 133. The first-order chi connectivity index (χ1) is 4.13. The fourth-order valence-electron chi connectivity index (χ4n) is 1.16. The number of rotatable bonds is 0. The Morgan fingerprint density at radius 2 is 1.89 bits per heavy atom. The van der Waals surface area contributed by atoms with Crippen molar-refractivity contribution in [1.29, 1.82) is 0 Å². The van der Waals surface area contributed by atoms with Gasteiger partial charge in [0.2, 0.25) is 5.91 Å². The SMILES string of the molecule is C[C@@H]1[C@H](C)NC(=O)[C@H]1C. The van der Waals surface area contributed by atoms with Gasteiger partial charge in [0.25, 0.3) is 0 Å². The van der Waals surface area contributed by atoms with Gasteiger partial charge in [0.05, 0.1) is 0 Å². The van der Waals surface area contributed by atoms with Gasteiger partial charge in [-0.2, -0.15) is 0 Å². The summed E-state index contributed by atoms with van der Waals surface area (Å²) >= 11 is 0. The summed E-state index contributed by atoms with van der Waals surface area (Å²) in [6, 6.07) is 0.368. The van der Waals surface area contributed by atoms with E-state index in [1.54, 1.807) is 0 Å². The van der Waals surface area contributed by atoms with E-state index in [4.69, 9.17) is 0 Å². The molecule has 0 aromatic carbocycles. The Hall–Kier alpha value is -0.530. The molecule has 1 heterocycles. The third-order valence-corrected chi connectivity index (χ3v) is 2.36. The van der Waals surface area contributed by atoms with E-state index in [1.807, 2.05) is 13.8 Å². The predicted molar refractivity (Wildman–Crippen MR) is 35.9 cm³/mol. The van der Waals surface area contributed by atoms with E-state index in [0.717, 1.165) is 0 Å². The van der Waals surface area contributed by atoms with Crippen LogP contribution in [0.4, 0.5) is 0 Å². The molecule has 9 heavy (non-hydrogen) atoms. The number of carbonyl (C=O) groups is 1. The summed E-state index contributed by atoms with van der Waals surface area (Å²) in [5, 5.41) is 2.88. The molecule has 1 saturated heterocycles. The van der Waals surface area contributed by atoms with Gasteiger partial charge >= 0.3 is 0 Å². The van der Waals surface area contributed by atoms with E-state index in [1.165, 1.54) is 0 Å². The molecule has 1 aliphatic heterocycles. The molecule has 0 aliphatic carbocycles. The van der Waals surface area contributed by atoms with Crippen molar-refractivity contribution < 1.29 is 4.79 Å². The zero-order valence-electron chi connectivity index (χ0n) is 6.14. The van der Waals surface area contributed by atoms with Crippen LogP contribution in [0.25, 0.3) is 0 Å². The highest BCUT2D eigenvalue weighted by Gasteiger charge is 2.32. The molecule has 2 nitrogen and oxygen atoms in total. The van der Waals surface area contributed by atoms with Gasteiger partial charge in [-0.3, -0.25) is 4.79 Å². The van der Waals surface area contributed by atoms with Crippen LogP contribution in [0.1, 0.15) is 20.8 Å². The second-order valence-electron chi connectivity index (χ2n) is 2.95. The van der Waals surface area contributed by atoms with Gasteiger partial charge in [-0.25, -0.2) is 0 Å². The van der Waals surface area contributed by atoms with Crippen molar-refractivity contribution in [2.24, 2.45) is 11.8 Å².